The molecule has 1 rings (SSSR count). The second-order valence-corrected chi connectivity index (χ2v) is 8.37. The Morgan fingerprint density at radius 3 is 2.15 bits per heavy atom. The number of primary amides is 1. The van der Waals surface area contributed by atoms with E-state index >= 15 is 0 Å². The number of nitrogens with two attached hydrogens (primary N) is 1. The number of nitrogens with one attached hydrogen (secondary N) is 3. The van der Waals surface area contributed by atoms with Crippen LogP contribution in [0.15, 0.2) is 12.2 Å². The summed E-state index contributed by atoms with van der Waals surface area (Å²) >= 11 is 0. The molecule has 0 bridgehead atoms. The Morgan fingerprint density at radius 2 is 1.61 bits per heavy atom. The van der Waals surface area contributed by atoms with Gasteiger partial charge in [0, 0.05) is 31.7 Å². The van der Waals surface area contributed by atoms with E-state index in [9.17, 15) is 28.8 Å². The highest BCUT2D eigenvalue weighted by Gasteiger charge is 2.27. The van der Waals surface area contributed by atoms with E-state index in [1.165, 1.54) is 19.1 Å². The molecule has 1 heterocycles. The number of hydrogen-bond donors (Lipinski definition) is 4. The zero-order chi connectivity index (χ0) is 25.0. The molecule has 11 nitrogen and oxygen atoms in total. The van der Waals surface area contributed by atoms with Crippen LogP contribution in [0.3, 0.4) is 0 Å². The molecule has 33 heavy (non-hydrogen) atoms. The predicted molar refractivity (Wildman–Crippen MR) is 121 cm³/mol. The van der Waals surface area contributed by atoms with Crippen molar-refractivity contribution < 1.29 is 28.8 Å². The first-order valence-corrected chi connectivity index (χ1v) is 11.2. The number of carbonyl (C=O) groups is 6. The van der Waals surface area contributed by atoms with Crippen molar-refractivity contribution in [3.63, 3.8) is 0 Å². The number of hydrogen-bond acceptors (Lipinski definition) is 6. The second-order valence-electron chi connectivity index (χ2n) is 8.37. The lowest BCUT2D eigenvalue weighted by atomic mass is 10.0. The second kappa shape index (κ2) is 14.0. The standard InChI is InChI=1S/C22H35N5O6/c1-14(2)20(21(32)25-16(15(3)28)8-7-12-24-22(23)33)26-17(29)9-5-4-6-13-27-18(30)10-11-19(27)31/h10-11,14,16,20H,4-9,12-13H2,1-3H3,(H,25,32)(H,26,29)(H3,23,24,33)/t16-,20-/m0/s1. The first-order valence-electron chi connectivity index (χ1n) is 11.2. The molecule has 184 valence electrons. The molecule has 6 amide bonds. The van der Waals surface area contributed by atoms with E-state index in [2.05, 4.69) is 16.0 Å². The molecule has 5 N–H and O–H groups in total. The summed E-state index contributed by atoms with van der Waals surface area (Å²) in [5.74, 6) is -1.80. The van der Waals surface area contributed by atoms with Gasteiger partial charge in [-0.05, 0) is 38.5 Å². The lowest BCUT2D eigenvalue weighted by Crippen LogP contribution is -2.53. The molecular weight excluding hydrogens is 430 g/mol. The molecule has 0 unspecified atom stereocenters. The van der Waals surface area contributed by atoms with E-state index in [-0.39, 0.29) is 42.4 Å². The van der Waals surface area contributed by atoms with Gasteiger partial charge in [-0.3, -0.25) is 28.9 Å². The number of unbranched alkanes of at least 4 members (excludes halogenated alkanes) is 2. The number of amides is 6. The SMILES string of the molecule is CC(=O)[C@H](CCCNC(N)=O)NC(=O)[C@@H](NC(=O)CCCCCN1C(=O)C=CC1=O)C(C)C. The Kier molecular flexibility index (Phi) is 11.8. The van der Waals surface area contributed by atoms with Gasteiger partial charge in [0.2, 0.25) is 11.8 Å². The molecule has 0 aliphatic carbocycles. The summed E-state index contributed by atoms with van der Waals surface area (Å²) in [5.41, 5.74) is 5.00. The minimum Gasteiger partial charge on any atom is -0.352 e. The normalized spacial score (nSPS) is 14.8. The largest absolute Gasteiger partial charge is 0.352 e. The average Bonchev–Trinajstić information content (AvgIpc) is 3.05. The fourth-order valence-corrected chi connectivity index (χ4v) is 3.32. The van der Waals surface area contributed by atoms with Crippen LogP contribution in [0.5, 0.6) is 0 Å². The van der Waals surface area contributed by atoms with Crippen molar-refractivity contribution in [2.45, 2.75) is 71.4 Å². The summed E-state index contributed by atoms with van der Waals surface area (Å²) < 4.78 is 0. The van der Waals surface area contributed by atoms with Gasteiger partial charge >= 0.3 is 6.03 Å². The van der Waals surface area contributed by atoms with Gasteiger partial charge < -0.3 is 21.7 Å². The molecule has 0 aromatic carbocycles. The fourth-order valence-electron chi connectivity index (χ4n) is 3.32. The van der Waals surface area contributed by atoms with Crippen LogP contribution in [-0.2, 0) is 24.0 Å². The van der Waals surface area contributed by atoms with Crippen molar-refractivity contribution in [1.29, 1.82) is 0 Å². The Balaban J connectivity index is 2.43. The highest BCUT2D eigenvalue weighted by atomic mass is 16.2. The number of carbonyl (C=O) groups excluding carboxylic acids is 6. The van der Waals surface area contributed by atoms with Crippen LogP contribution in [0.1, 0.15) is 59.3 Å². The lowest BCUT2D eigenvalue weighted by Gasteiger charge is -2.24. The number of ketones is 1. The number of nitrogens with zero attached hydrogens (tertiary/aromatic N) is 1. The molecule has 0 saturated carbocycles. The lowest BCUT2D eigenvalue weighted by molar-refractivity contribution is -0.137. The zero-order valence-electron chi connectivity index (χ0n) is 19.5. The van der Waals surface area contributed by atoms with Gasteiger partial charge in [-0.15, -0.1) is 0 Å². The van der Waals surface area contributed by atoms with E-state index in [1.807, 2.05) is 0 Å². The maximum atomic E-state index is 12.7. The third-order valence-electron chi connectivity index (χ3n) is 5.23. The summed E-state index contributed by atoms with van der Waals surface area (Å²) in [6.45, 7) is 5.56. The number of urea groups is 1. The molecule has 11 heteroatoms. The highest BCUT2D eigenvalue weighted by Crippen LogP contribution is 2.09. The van der Waals surface area contributed by atoms with E-state index in [0.717, 1.165) is 4.90 Å². The van der Waals surface area contributed by atoms with E-state index in [0.29, 0.717) is 38.6 Å². The van der Waals surface area contributed by atoms with Gasteiger partial charge in [-0.25, -0.2) is 4.79 Å². The summed E-state index contributed by atoms with van der Waals surface area (Å²) in [6, 6.07) is -2.18. The minimum atomic E-state index is -0.797. The highest BCUT2D eigenvalue weighted by molar-refractivity contribution is 6.12. The molecule has 1 aliphatic heterocycles. The van der Waals surface area contributed by atoms with Crippen LogP contribution in [0, 0.1) is 5.92 Å². The van der Waals surface area contributed by atoms with Crippen molar-refractivity contribution in [1.82, 2.24) is 20.9 Å². The average molecular weight is 466 g/mol. The number of Topliss-reactive ketones (excluding diaryl/α,β-unsaturated/α-hetero) is 1. The zero-order valence-corrected chi connectivity index (χ0v) is 19.5. The monoisotopic (exact) mass is 465 g/mol. The smallest absolute Gasteiger partial charge is 0.312 e. The van der Waals surface area contributed by atoms with Crippen LogP contribution in [0.4, 0.5) is 4.79 Å². The summed E-state index contributed by atoms with van der Waals surface area (Å²) in [4.78, 5) is 71.8. The molecule has 0 radical (unpaired) electrons. The predicted octanol–water partition coefficient (Wildman–Crippen LogP) is 0.135. The van der Waals surface area contributed by atoms with Crippen LogP contribution in [-0.4, -0.2) is 65.5 Å². The van der Waals surface area contributed by atoms with Gasteiger partial charge in [0.05, 0.1) is 6.04 Å². The maximum absolute atomic E-state index is 12.7. The van der Waals surface area contributed by atoms with E-state index < -0.39 is 24.0 Å². The van der Waals surface area contributed by atoms with Crippen molar-refractivity contribution in [3.8, 4) is 0 Å². The third-order valence-corrected chi connectivity index (χ3v) is 5.23. The number of imide groups is 1. The van der Waals surface area contributed by atoms with Crippen LogP contribution in [0.2, 0.25) is 0 Å². The summed E-state index contributed by atoms with van der Waals surface area (Å²) in [6.07, 6.45) is 5.24. The van der Waals surface area contributed by atoms with Crippen molar-refractivity contribution in [3.05, 3.63) is 12.2 Å². The van der Waals surface area contributed by atoms with Crippen LogP contribution in [0.25, 0.3) is 0 Å². The minimum absolute atomic E-state index is 0.197. The molecule has 0 aromatic rings. The molecule has 1 aliphatic rings. The third kappa shape index (κ3) is 10.3. The number of rotatable bonds is 15. The maximum Gasteiger partial charge on any atom is 0.312 e. The molecule has 0 spiro atoms. The summed E-state index contributed by atoms with van der Waals surface area (Å²) in [7, 11) is 0. The molecule has 0 fully saturated rings. The molecule has 2 atom stereocenters. The topological polar surface area (TPSA) is 168 Å². The Morgan fingerprint density at radius 1 is 0.970 bits per heavy atom. The van der Waals surface area contributed by atoms with Gasteiger partial charge in [0.1, 0.15) is 6.04 Å². The Hall–Kier alpha value is -3.24. The van der Waals surface area contributed by atoms with Gasteiger partial charge in [-0.2, -0.15) is 0 Å². The summed E-state index contributed by atoms with van der Waals surface area (Å²) in [5, 5.41) is 7.84. The first kappa shape index (κ1) is 27.8. The van der Waals surface area contributed by atoms with Gasteiger partial charge in [0.15, 0.2) is 5.78 Å². The van der Waals surface area contributed by atoms with Crippen molar-refractivity contribution in [2.75, 3.05) is 13.1 Å². The van der Waals surface area contributed by atoms with Crippen molar-refractivity contribution in [2.24, 2.45) is 11.7 Å². The Bertz CT molecular complexity index is 761. The molecule has 0 saturated heterocycles. The van der Waals surface area contributed by atoms with E-state index in [1.54, 1.807) is 13.8 Å². The van der Waals surface area contributed by atoms with Crippen LogP contribution >= 0.6 is 0 Å². The van der Waals surface area contributed by atoms with E-state index in [4.69, 9.17) is 5.73 Å². The fraction of sp³-hybridized carbons (Fsp3) is 0.636. The molecular formula is C22H35N5O6. The quantitative estimate of drug-likeness (QED) is 0.198. The van der Waals surface area contributed by atoms with Crippen molar-refractivity contribution >= 4 is 35.4 Å². The van der Waals surface area contributed by atoms with Gasteiger partial charge in [-0.1, -0.05) is 20.3 Å². The van der Waals surface area contributed by atoms with Gasteiger partial charge in [0.25, 0.3) is 11.8 Å². The van der Waals surface area contributed by atoms with Crippen LogP contribution < -0.4 is 21.7 Å². The Labute approximate surface area is 193 Å². The molecule has 0 aromatic heterocycles. The first-order chi connectivity index (χ1) is 15.5.